The third-order valence-electron chi connectivity index (χ3n) is 3.35. The Bertz CT molecular complexity index is 705. The predicted octanol–water partition coefficient (Wildman–Crippen LogP) is 3.50. The Kier molecular flexibility index (Phi) is 4.10. The summed E-state index contributed by atoms with van der Waals surface area (Å²) >= 11 is 0. The number of anilines is 1. The van der Waals surface area contributed by atoms with Crippen LogP contribution in [0.5, 0.6) is 11.5 Å². The summed E-state index contributed by atoms with van der Waals surface area (Å²) < 4.78 is 11.0. The Morgan fingerprint density at radius 2 is 1.95 bits per heavy atom. The fraction of sp³-hybridized carbons (Fsp3) is 0.167. The monoisotopic (exact) mass is 295 g/mol. The van der Waals surface area contributed by atoms with E-state index in [1.54, 1.807) is 0 Å². The minimum atomic E-state index is -0.154. The molecule has 1 heterocycles. The number of benzene rings is 2. The lowest BCUT2D eigenvalue weighted by atomic mass is 10.1. The number of ether oxygens (including phenoxy) is 2. The first kappa shape index (κ1) is 14.2. The van der Waals surface area contributed by atoms with E-state index in [0.29, 0.717) is 12.2 Å². The Morgan fingerprint density at radius 3 is 2.73 bits per heavy atom. The molecule has 0 fully saturated rings. The SMILES string of the molecule is CCOc1ccc(NC(=O)C2=Cc3ccccc3OC2)cc1. The first-order valence-corrected chi connectivity index (χ1v) is 7.23. The normalized spacial score (nSPS) is 12.7. The topological polar surface area (TPSA) is 47.6 Å². The molecule has 0 saturated heterocycles. The fourth-order valence-electron chi connectivity index (χ4n) is 2.26. The first-order chi connectivity index (χ1) is 10.8. The van der Waals surface area contributed by atoms with Crippen LogP contribution in [0.3, 0.4) is 0 Å². The van der Waals surface area contributed by atoms with Gasteiger partial charge in [-0.25, -0.2) is 0 Å². The molecule has 0 unspecified atom stereocenters. The average molecular weight is 295 g/mol. The van der Waals surface area contributed by atoms with Gasteiger partial charge in [-0.1, -0.05) is 18.2 Å². The van der Waals surface area contributed by atoms with Gasteiger partial charge in [0.1, 0.15) is 18.1 Å². The van der Waals surface area contributed by atoms with E-state index in [0.717, 1.165) is 22.7 Å². The molecule has 112 valence electrons. The van der Waals surface area contributed by atoms with Crippen LogP contribution in [0.25, 0.3) is 6.08 Å². The van der Waals surface area contributed by atoms with Gasteiger partial charge in [0.2, 0.25) is 0 Å². The van der Waals surface area contributed by atoms with Crippen molar-refractivity contribution in [2.45, 2.75) is 6.92 Å². The molecule has 22 heavy (non-hydrogen) atoms. The highest BCUT2D eigenvalue weighted by Gasteiger charge is 2.16. The van der Waals surface area contributed by atoms with Crippen LogP contribution in [0.2, 0.25) is 0 Å². The van der Waals surface area contributed by atoms with Gasteiger partial charge < -0.3 is 14.8 Å². The summed E-state index contributed by atoms with van der Waals surface area (Å²) in [6, 6.07) is 15.0. The van der Waals surface area contributed by atoms with Crippen molar-refractivity contribution < 1.29 is 14.3 Å². The summed E-state index contributed by atoms with van der Waals surface area (Å²) in [5.41, 5.74) is 2.26. The van der Waals surface area contributed by atoms with E-state index < -0.39 is 0 Å². The number of carbonyl (C=O) groups is 1. The van der Waals surface area contributed by atoms with Gasteiger partial charge in [0.15, 0.2) is 0 Å². The van der Waals surface area contributed by atoms with Gasteiger partial charge in [-0.3, -0.25) is 4.79 Å². The summed E-state index contributed by atoms with van der Waals surface area (Å²) in [7, 11) is 0. The second-order valence-electron chi connectivity index (χ2n) is 4.91. The number of fused-ring (bicyclic) bond motifs is 1. The van der Waals surface area contributed by atoms with E-state index in [-0.39, 0.29) is 12.5 Å². The molecule has 0 radical (unpaired) electrons. The highest BCUT2D eigenvalue weighted by Crippen LogP contribution is 2.26. The summed E-state index contributed by atoms with van der Waals surface area (Å²) in [6.45, 7) is 2.83. The minimum absolute atomic E-state index is 0.154. The summed E-state index contributed by atoms with van der Waals surface area (Å²) in [4.78, 5) is 12.3. The maximum Gasteiger partial charge on any atom is 0.255 e. The number of hydrogen-bond donors (Lipinski definition) is 1. The van der Waals surface area contributed by atoms with E-state index in [9.17, 15) is 4.79 Å². The quantitative estimate of drug-likeness (QED) is 0.939. The molecule has 0 spiro atoms. The second-order valence-corrected chi connectivity index (χ2v) is 4.91. The van der Waals surface area contributed by atoms with Gasteiger partial charge in [-0.15, -0.1) is 0 Å². The Balaban J connectivity index is 1.71. The number of carbonyl (C=O) groups excluding carboxylic acids is 1. The predicted molar refractivity (Wildman–Crippen MR) is 86.2 cm³/mol. The fourth-order valence-corrected chi connectivity index (χ4v) is 2.26. The van der Waals surface area contributed by atoms with Crippen LogP contribution in [-0.2, 0) is 4.79 Å². The molecule has 2 aromatic carbocycles. The Labute approximate surface area is 129 Å². The molecule has 0 aromatic heterocycles. The Morgan fingerprint density at radius 1 is 1.18 bits per heavy atom. The van der Waals surface area contributed by atoms with Crippen molar-refractivity contribution in [2.24, 2.45) is 0 Å². The number of nitrogens with one attached hydrogen (secondary N) is 1. The summed E-state index contributed by atoms with van der Waals surface area (Å²) in [6.07, 6.45) is 1.86. The zero-order chi connectivity index (χ0) is 15.4. The molecule has 1 amide bonds. The molecule has 0 aliphatic carbocycles. The maximum absolute atomic E-state index is 12.3. The van der Waals surface area contributed by atoms with Crippen molar-refractivity contribution in [1.29, 1.82) is 0 Å². The van der Waals surface area contributed by atoms with E-state index in [1.165, 1.54) is 0 Å². The van der Waals surface area contributed by atoms with E-state index in [1.807, 2.05) is 61.5 Å². The van der Waals surface area contributed by atoms with Crippen LogP contribution in [0.4, 0.5) is 5.69 Å². The van der Waals surface area contributed by atoms with Crippen molar-refractivity contribution in [3.63, 3.8) is 0 Å². The number of para-hydroxylation sites is 1. The molecule has 4 nitrogen and oxygen atoms in total. The van der Waals surface area contributed by atoms with Crippen LogP contribution in [-0.4, -0.2) is 19.1 Å². The number of rotatable bonds is 4. The van der Waals surface area contributed by atoms with Gasteiger partial charge in [0.05, 0.1) is 12.2 Å². The summed E-state index contributed by atoms with van der Waals surface area (Å²) in [5, 5.41) is 2.87. The smallest absolute Gasteiger partial charge is 0.255 e. The highest BCUT2D eigenvalue weighted by molar-refractivity contribution is 6.07. The lowest BCUT2D eigenvalue weighted by Gasteiger charge is -2.17. The van der Waals surface area contributed by atoms with Crippen molar-refractivity contribution in [1.82, 2.24) is 0 Å². The molecule has 4 heteroatoms. The number of amides is 1. The molecule has 1 aliphatic rings. The molecule has 0 saturated carbocycles. The van der Waals surface area contributed by atoms with Crippen LogP contribution in [0, 0.1) is 0 Å². The molecule has 1 aliphatic heterocycles. The molecule has 0 bridgehead atoms. The van der Waals surface area contributed by atoms with Crippen LogP contribution >= 0.6 is 0 Å². The molecule has 1 N–H and O–H groups in total. The third kappa shape index (κ3) is 3.11. The molecular formula is C18H17NO3. The van der Waals surface area contributed by atoms with Crippen molar-refractivity contribution in [3.05, 3.63) is 59.7 Å². The van der Waals surface area contributed by atoms with Gasteiger partial charge in [0, 0.05) is 11.3 Å². The first-order valence-electron chi connectivity index (χ1n) is 7.23. The third-order valence-corrected chi connectivity index (χ3v) is 3.35. The maximum atomic E-state index is 12.3. The van der Waals surface area contributed by atoms with Gasteiger partial charge in [-0.2, -0.15) is 0 Å². The average Bonchev–Trinajstić information content (AvgIpc) is 2.56. The van der Waals surface area contributed by atoms with E-state index in [4.69, 9.17) is 9.47 Å². The molecule has 0 atom stereocenters. The highest BCUT2D eigenvalue weighted by atomic mass is 16.5. The van der Waals surface area contributed by atoms with Gasteiger partial charge >= 0.3 is 0 Å². The van der Waals surface area contributed by atoms with Gasteiger partial charge in [0.25, 0.3) is 5.91 Å². The molecular weight excluding hydrogens is 278 g/mol. The van der Waals surface area contributed by atoms with Crippen molar-refractivity contribution >= 4 is 17.7 Å². The second kappa shape index (κ2) is 6.35. The van der Waals surface area contributed by atoms with Crippen molar-refractivity contribution in [3.8, 4) is 11.5 Å². The zero-order valence-corrected chi connectivity index (χ0v) is 12.3. The van der Waals surface area contributed by atoms with E-state index >= 15 is 0 Å². The molecule has 3 rings (SSSR count). The van der Waals surface area contributed by atoms with Gasteiger partial charge in [-0.05, 0) is 43.3 Å². The van der Waals surface area contributed by atoms with Crippen LogP contribution in [0.15, 0.2) is 54.1 Å². The van der Waals surface area contributed by atoms with Crippen LogP contribution in [0.1, 0.15) is 12.5 Å². The number of hydrogen-bond acceptors (Lipinski definition) is 3. The van der Waals surface area contributed by atoms with Crippen LogP contribution < -0.4 is 14.8 Å². The lowest BCUT2D eigenvalue weighted by Crippen LogP contribution is -2.21. The zero-order valence-electron chi connectivity index (χ0n) is 12.3. The standard InChI is InChI=1S/C18H17NO3/c1-2-21-16-9-7-15(8-10-16)19-18(20)14-11-13-5-3-4-6-17(13)22-12-14/h3-11H,2,12H2,1H3,(H,19,20). The molecule has 2 aromatic rings. The minimum Gasteiger partial charge on any atom is -0.494 e. The largest absolute Gasteiger partial charge is 0.494 e. The lowest BCUT2D eigenvalue weighted by molar-refractivity contribution is -0.113. The summed E-state index contributed by atoms with van der Waals surface area (Å²) in [5.74, 6) is 1.44. The van der Waals surface area contributed by atoms with E-state index in [2.05, 4.69) is 5.32 Å². The Hall–Kier alpha value is -2.75. The van der Waals surface area contributed by atoms with Crippen molar-refractivity contribution in [2.75, 3.05) is 18.5 Å².